The second-order valence-corrected chi connectivity index (χ2v) is 3.90. The van der Waals surface area contributed by atoms with E-state index in [0.29, 0.717) is 32.5 Å². The zero-order valence-electron chi connectivity index (χ0n) is 10.1. The minimum Gasteiger partial charge on any atom is -0.355 e. The summed E-state index contributed by atoms with van der Waals surface area (Å²) in [6.07, 6.45) is 1.07. The molecule has 94 valence electrons. The van der Waals surface area contributed by atoms with Crippen molar-refractivity contribution in [1.29, 1.82) is 0 Å². The lowest BCUT2D eigenvalue weighted by Crippen LogP contribution is -2.29. The Bertz CT molecular complexity index is 426. The molecule has 1 aromatic heterocycles. The van der Waals surface area contributed by atoms with E-state index in [2.05, 4.69) is 5.32 Å². The maximum absolute atomic E-state index is 11.5. The van der Waals surface area contributed by atoms with Crippen molar-refractivity contribution in [1.82, 2.24) is 9.88 Å². The van der Waals surface area contributed by atoms with Crippen LogP contribution in [0.1, 0.15) is 18.5 Å². The fraction of sp³-hybridized carbons (Fsp3) is 0.500. The van der Waals surface area contributed by atoms with Gasteiger partial charge < -0.3 is 15.6 Å². The predicted octanol–water partition coefficient (Wildman–Crippen LogP) is 0.0118. The van der Waals surface area contributed by atoms with Gasteiger partial charge in [0.2, 0.25) is 5.91 Å². The van der Waals surface area contributed by atoms with E-state index in [1.54, 1.807) is 10.6 Å². The quantitative estimate of drug-likeness (QED) is 0.731. The molecular formula is C12H19N3O2. The largest absolute Gasteiger partial charge is 0.355 e. The van der Waals surface area contributed by atoms with Gasteiger partial charge in [0.05, 0.1) is 0 Å². The van der Waals surface area contributed by atoms with Crippen molar-refractivity contribution in [2.75, 3.05) is 13.1 Å². The van der Waals surface area contributed by atoms with Gasteiger partial charge in [-0.15, -0.1) is 0 Å². The van der Waals surface area contributed by atoms with Crippen molar-refractivity contribution < 1.29 is 4.79 Å². The van der Waals surface area contributed by atoms with E-state index in [0.717, 1.165) is 5.69 Å². The second-order valence-electron chi connectivity index (χ2n) is 3.90. The molecule has 5 nitrogen and oxygen atoms in total. The van der Waals surface area contributed by atoms with E-state index < -0.39 is 0 Å². The van der Waals surface area contributed by atoms with Gasteiger partial charge in [0.1, 0.15) is 0 Å². The van der Waals surface area contributed by atoms with E-state index in [1.165, 1.54) is 6.07 Å². The summed E-state index contributed by atoms with van der Waals surface area (Å²) in [6.45, 7) is 3.41. The average molecular weight is 237 g/mol. The van der Waals surface area contributed by atoms with Crippen LogP contribution in [0.2, 0.25) is 0 Å². The van der Waals surface area contributed by atoms with E-state index in [9.17, 15) is 9.59 Å². The van der Waals surface area contributed by atoms with Crippen LogP contribution in [0.25, 0.3) is 0 Å². The van der Waals surface area contributed by atoms with Gasteiger partial charge in [-0.3, -0.25) is 9.59 Å². The molecule has 0 aliphatic heterocycles. The highest BCUT2D eigenvalue weighted by atomic mass is 16.1. The number of nitrogens with zero attached hydrogens (tertiary/aromatic N) is 1. The molecule has 0 aliphatic rings. The zero-order chi connectivity index (χ0) is 12.7. The summed E-state index contributed by atoms with van der Waals surface area (Å²) >= 11 is 0. The number of hydrogen-bond acceptors (Lipinski definition) is 3. The third-order valence-electron chi connectivity index (χ3n) is 2.52. The average Bonchev–Trinajstić information content (AvgIpc) is 2.30. The molecule has 0 radical (unpaired) electrons. The van der Waals surface area contributed by atoms with Gasteiger partial charge in [-0.25, -0.2) is 0 Å². The van der Waals surface area contributed by atoms with Crippen LogP contribution in [0.4, 0.5) is 0 Å². The van der Waals surface area contributed by atoms with Crippen LogP contribution < -0.4 is 16.6 Å². The summed E-state index contributed by atoms with van der Waals surface area (Å²) in [4.78, 5) is 22.8. The molecule has 1 heterocycles. The number of hydrogen-bond donors (Lipinski definition) is 2. The SMILES string of the molecule is Cc1cccc(=O)n1CCCC(=O)NCCN. The molecule has 0 aliphatic carbocycles. The van der Waals surface area contributed by atoms with Crippen LogP contribution in [0.15, 0.2) is 23.0 Å². The Morgan fingerprint density at radius 3 is 2.88 bits per heavy atom. The van der Waals surface area contributed by atoms with Crippen LogP contribution in [-0.4, -0.2) is 23.6 Å². The third kappa shape index (κ3) is 4.40. The van der Waals surface area contributed by atoms with Gasteiger partial charge in [-0.2, -0.15) is 0 Å². The monoisotopic (exact) mass is 237 g/mol. The molecule has 0 aromatic carbocycles. The van der Waals surface area contributed by atoms with Crippen LogP contribution in [0.5, 0.6) is 0 Å². The highest BCUT2D eigenvalue weighted by Crippen LogP contribution is 1.98. The standard InChI is InChI=1S/C12H19N3O2/c1-10-4-2-6-12(17)15(10)9-3-5-11(16)14-8-7-13/h2,4,6H,3,5,7-9,13H2,1H3,(H,14,16). The molecule has 17 heavy (non-hydrogen) atoms. The summed E-state index contributed by atoms with van der Waals surface area (Å²) in [5.74, 6) is -0.0166. The molecule has 1 aromatic rings. The molecule has 0 saturated carbocycles. The van der Waals surface area contributed by atoms with Gasteiger partial charge in [-0.05, 0) is 19.4 Å². The number of amides is 1. The van der Waals surface area contributed by atoms with Crippen molar-refractivity contribution in [2.24, 2.45) is 5.73 Å². The van der Waals surface area contributed by atoms with E-state index >= 15 is 0 Å². The number of carbonyl (C=O) groups is 1. The van der Waals surface area contributed by atoms with Crippen molar-refractivity contribution in [2.45, 2.75) is 26.3 Å². The molecule has 1 amide bonds. The fourth-order valence-corrected chi connectivity index (χ4v) is 1.61. The summed E-state index contributed by atoms with van der Waals surface area (Å²) in [7, 11) is 0. The summed E-state index contributed by atoms with van der Waals surface area (Å²) in [5.41, 5.74) is 6.17. The minimum atomic E-state index is -0.0210. The molecular weight excluding hydrogens is 218 g/mol. The molecule has 0 spiro atoms. The van der Waals surface area contributed by atoms with E-state index in [4.69, 9.17) is 5.73 Å². The molecule has 0 atom stereocenters. The maximum atomic E-state index is 11.5. The molecule has 0 bridgehead atoms. The van der Waals surface area contributed by atoms with Gasteiger partial charge in [-0.1, -0.05) is 6.07 Å². The van der Waals surface area contributed by atoms with Crippen LogP contribution >= 0.6 is 0 Å². The number of aryl methyl sites for hydroxylation is 1. The van der Waals surface area contributed by atoms with Gasteiger partial charge in [0.25, 0.3) is 5.56 Å². The summed E-state index contributed by atoms with van der Waals surface area (Å²) < 4.78 is 1.68. The molecule has 5 heteroatoms. The first-order valence-electron chi connectivity index (χ1n) is 5.78. The Balaban J connectivity index is 2.41. The molecule has 0 unspecified atom stereocenters. The highest BCUT2D eigenvalue weighted by molar-refractivity contribution is 5.75. The third-order valence-corrected chi connectivity index (χ3v) is 2.52. The number of nitrogens with two attached hydrogens (primary N) is 1. The van der Waals surface area contributed by atoms with Crippen molar-refractivity contribution in [3.8, 4) is 0 Å². The Labute approximate surface area is 101 Å². The van der Waals surface area contributed by atoms with Crippen LogP contribution in [0.3, 0.4) is 0 Å². The molecule has 0 saturated heterocycles. The molecule has 3 N–H and O–H groups in total. The Hall–Kier alpha value is -1.62. The lowest BCUT2D eigenvalue weighted by molar-refractivity contribution is -0.121. The Morgan fingerprint density at radius 1 is 1.47 bits per heavy atom. The van der Waals surface area contributed by atoms with Gasteiger partial charge in [0.15, 0.2) is 0 Å². The first-order chi connectivity index (χ1) is 8.15. The van der Waals surface area contributed by atoms with Crippen molar-refractivity contribution in [3.05, 3.63) is 34.2 Å². The predicted molar refractivity (Wildman–Crippen MR) is 66.7 cm³/mol. The normalized spacial score (nSPS) is 10.2. The Morgan fingerprint density at radius 2 is 2.24 bits per heavy atom. The van der Waals surface area contributed by atoms with Gasteiger partial charge >= 0.3 is 0 Å². The number of nitrogens with one attached hydrogen (secondary N) is 1. The fourth-order valence-electron chi connectivity index (χ4n) is 1.61. The van der Waals surface area contributed by atoms with E-state index in [1.807, 2.05) is 13.0 Å². The summed E-state index contributed by atoms with van der Waals surface area (Å²) in [6, 6.07) is 5.15. The number of carbonyl (C=O) groups excluding carboxylic acids is 1. The highest BCUT2D eigenvalue weighted by Gasteiger charge is 2.02. The molecule has 1 rings (SSSR count). The molecule has 0 fully saturated rings. The summed E-state index contributed by atoms with van der Waals surface area (Å²) in [5, 5.41) is 2.70. The van der Waals surface area contributed by atoms with Crippen molar-refractivity contribution >= 4 is 5.91 Å². The zero-order valence-corrected chi connectivity index (χ0v) is 10.1. The van der Waals surface area contributed by atoms with Crippen LogP contribution in [0, 0.1) is 6.92 Å². The number of aromatic nitrogens is 1. The number of rotatable bonds is 6. The maximum Gasteiger partial charge on any atom is 0.250 e. The second kappa shape index (κ2) is 6.85. The number of pyridine rings is 1. The van der Waals surface area contributed by atoms with Crippen LogP contribution in [-0.2, 0) is 11.3 Å². The Kier molecular flexibility index (Phi) is 5.42. The first kappa shape index (κ1) is 13.4. The lowest BCUT2D eigenvalue weighted by Gasteiger charge is -2.09. The first-order valence-corrected chi connectivity index (χ1v) is 5.78. The van der Waals surface area contributed by atoms with Crippen molar-refractivity contribution in [3.63, 3.8) is 0 Å². The van der Waals surface area contributed by atoms with Gasteiger partial charge in [0, 0.05) is 37.8 Å². The van der Waals surface area contributed by atoms with E-state index in [-0.39, 0.29) is 11.5 Å². The smallest absolute Gasteiger partial charge is 0.250 e. The lowest BCUT2D eigenvalue weighted by atomic mass is 10.2. The minimum absolute atomic E-state index is 0.0166. The topological polar surface area (TPSA) is 77.1 Å².